The quantitative estimate of drug-likeness (QED) is 0.925. The molecule has 1 atom stereocenters. The Morgan fingerprint density at radius 1 is 1.09 bits per heavy atom. The van der Waals surface area contributed by atoms with Crippen molar-refractivity contribution in [2.75, 3.05) is 13.1 Å². The van der Waals surface area contributed by atoms with Gasteiger partial charge in [-0.25, -0.2) is 0 Å². The Bertz CT molecular complexity index is 692. The number of fused-ring (bicyclic) bond motifs is 1. The lowest BCUT2D eigenvalue weighted by molar-refractivity contribution is 0.0754. The van der Waals surface area contributed by atoms with E-state index in [1.54, 1.807) is 0 Å². The van der Waals surface area contributed by atoms with Crippen molar-refractivity contribution >= 4 is 5.91 Å². The van der Waals surface area contributed by atoms with Gasteiger partial charge in [0.05, 0.1) is 0 Å². The first-order valence-electron chi connectivity index (χ1n) is 8.73. The minimum Gasteiger partial charge on any atom is -0.337 e. The molecule has 4 heteroatoms. The van der Waals surface area contributed by atoms with Gasteiger partial charge in [-0.15, -0.1) is 0 Å². The average molecular weight is 309 g/mol. The van der Waals surface area contributed by atoms with E-state index in [-0.39, 0.29) is 5.91 Å². The maximum Gasteiger partial charge on any atom is 0.274 e. The molecule has 1 aliphatic heterocycles. The van der Waals surface area contributed by atoms with Crippen molar-refractivity contribution < 1.29 is 4.79 Å². The second-order valence-corrected chi connectivity index (χ2v) is 6.71. The van der Waals surface area contributed by atoms with E-state index >= 15 is 0 Å². The van der Waals surface area contributed by atoms with E-state index in [0.29, 0.717) is 11.6 Å². The summed E-state index contributed by atoms with van der Waals surface area (Å²) in [6.07, 6.45) is 6.44. The van der Waals surface area contributed by atoms with E-state index in [9.17, 15) is 4.79 Å². The molecule has 1 N–H and O–H groups in total. The number of aryl methyl sites for hydroxylation is 1. The van der Waals surface area contributed by atoms with Crippen molar-refractivity contribution in [2.24, 2.45) is 0 Å². The summed E-state index contributed by atoms with van der Waals surface area (Å²) in [6.45, 7) is 1.68. The molecule has 0 spiro atoms. The van der Waals surface area contributed by atoms with Crippen molar-refractivity contribution in [1.82, 2.24) is 15.1 Å². The van der Waals surface area contributed by atoms with Crippen molar-refractivity contribution in [3.05, 3.63) is 52.8 Å². The molecule has 23 heavy (non-hydrogen) atoms. The largest absolute Gasteiger partial charge is 0.337 e. The van der Waals surface area contributed by atoms with Crippen molar-refractivity contribution in [3.63, 3.8) is 0 Å². The van der Waals surface area contributed by atoms with Crippen LogP contribution in [0.5, 0.6) is 0 Å². The third kappa shape index (κ3) is 2.78. The molecule has 2 aromatic rings. The van der Waals surface area contributed by atoms with Gasteiger partial charge in [-0.3, -0.25) is 9.89 Å². The molecule has 1 fully saturated rings. The van der Waals surface area contributed by atoms with Gasteiger partial charge in [-0.2, -0.15) is 5.10 Å². The van der Waals surface area contributed by atoms with Crippen LogP contribution in [0.1, 0.15) is 58.9 Å². The summed E-state index contributed by atoms with van der Waals surface area (Å²) in [5, 5.41) is 7.36. The van der Waals surface area contributed by atoms with E-state index in [2.05, 4.69) is 40.5 Å². The van der Waals surface area contributed by atoms with Crippen LogP contribution in [0.4, 0.5) is 0 Å². The van der Waals surface area contributed by atoms with Crippen LogP contribution in [-0.2, 0) is 12.8 Å². The molecule has 0 radical (unpaired) electrons. The lowest BCUT2D eigenvalue weighted by atomic mass is 9.92. The number of rotatable bonds is 2. The van der Waals surface area contributed by atoms with Gasteiger partial charge in [0.15, 0.2) is 5.69 Å². The fraction of sp³-hybridized carbons (Fsp3) is 0.474. The number of aromatic nitrogens is 2. The topological polar surface area (TPSA) is 49.0 Å². The van der Waals surface area contributed by atoms with E-state index < -0.39 is 0 Å². The molecule has 2 aliphatic rings. The molecule has 0 saturated carbocycles. The van der Waals surface area contributed by atoms with E-state index in [1.165, 1.54) is 16.8 Å². The normalized spacial score (nSPS) is 21.0. The molecule has 120 valence electrons. The summed E-state index contributed by atoms with van der Waals surface area (Å²) >= 11 is 0. The fourth-order valence-electron chi connectivity index (χ4n) is 4.00. The molecule has 1 aromatic carbocycles. The highest BCUT2D eigenvalue weighted by atomic mass is 16.2. The van der Waals surface area contributed by atoms with Gasteiger partial charge in [0.2, 0.25) is 0 Å². The molecule has 0 unspecified atom stereocenters. The second kappa shape index (κ2) is 6.19. The number of amides is 1. The molecule has 1 aliphatic carbocycles. The summed E-state index contributed by atoms with van der Waals surface area (Å²) < 4.78 is 0. The number of nitrogens with zero attached hydrogens (tertiary/aromatic N) is 2. The number of likely N-dealkylation sites (tertiary alicyclic amines) is 1. The SMILES string of the molecule is O=C(c1n[nH]c2c1CCC2)N1CCC[C@H](c2ccccc2)CC1. The monoisotopic (exact) mass is 309 g/mol. The summed E-state index contributed by atoms with van der Waals surface area (Å²) in [5.74, 6) is 0.692. The summed E-state index contributed by atoms with van der Waals surface area (Å²) in [5.41, 5.74) is 4.42. The second-order valence-electron chi connectivity index (χ2n) is 6.71. The third-order valence-corrected chi connectivity index (χ3v) is 5.30. The van der Waals surface area contributed by atoms with Crippen molar-refractivity contribution in [1.29, 1.82) is 0 Å². The molecular formula is C19H23N3O. The predicted molar refractivity (Wildman–Crippen MR) is 89.6 cm³/mol. The maximum absolute atomic E-state index is 12.9. The number of carbonyl (C=O) groups is 1. The minimum absolute atomic E-state index is 0.123. The first-order chi connectivity index (χ1) is 11.3. The third-order valence-electron chi connectivity index (χ3n) is 5.30. The van der Waals surface area contributed by atoms with Crippen LogP contribution < -0.4 is 0 Å². The number of nitrogens with one attached hydrogen (secondary N) is 1. The molecule has 4 nitrogen and oxygen atoms in total. The van der Waals surface area contributed by atoms with Crippen LogP contribution >= 0.6 is 0 Å². The zero-order chi connectivity index (χ0) is 15.6. The molecule has 1 aromatic heterocycles. The minimum atomic E-state index is 0.123. The maximum atomic E-state index is 12.9. The van der Waals surface area contributed by atoms with Gasteiger partial charge in [0.25, 0.3) is 5.91 Å². The lowest BCUT2D eigenvalue weighted by Gasteiger charge is -2.20. The first-order valence-corrected chi connectivity index (χ1v) is 8.73. The zero-order valence-electron chi connectivity index (χ0n) is 13.4. The Hall–Kier alpha value is -2.10. The Morgan fingerprint density at radius 2 is 1.96 bits per heavy atom. The number of carbonyl (C=O) groups excluding carboxylic acids is 1. The molecule has 4 rings (SSSR count). The summed E-state index contributed by atoms with van der Waals surface area (Å²) in [6, 6.07) is 10.7. The van der Waals surface area contributed by atoms with Crippen LogP contribution in [0.3, 0.4) is 0 Å². The zero-order valence-corrected chi connectivity index (χ0v) is 13.4. The Labute approximate surface area is 136 Å². The molecule has 1 saturated heterocycles. The highest BCUT2D eigenvalue weighted by molar-refractivity contribution is 5.94. The summed E-state index contributed by atoms with van der Waals surface area (Å²) in [7, 11) is 0. The van der Waals surface area contributed by atoms with E-state index in [1.807, 2.05) is 4.90 Å². The first kappa shape index (κ1) is 14.5. The number of H-pyrrole nitrogens is 1. The number of hydrogen-bond acceptors (Lipinski definition) is 2. The van der Waals surface area contributed by atoms with Gasteiger partial charge in [0.1, 0.15) is 0 Å². The highest BCUT2D eigenvalue weighted by Gasteiger charge is 2.28. The van der Waals surface area contributed by atoms with Gasteiger partial charge < -0.3 is 4.90 Å². The number of hydrogen-bond donors (Lipinski definition) is 1. The van der Waals surface area contributed by atoms with Crippen LogP contribution in [0.15, 0.2) is 30.3 Å². The van der Waals surface area contributed by atoms with Crippen LogP contribution in [-0.4, -0.2) is 34.1 Å². The van der Waals surface area contributed by atoms with Gasteiger partial charge in [-0.05, 0) is 50.0 Å². The Balaban J connectivity index is 1.47. The average Bonchev–Trinajstić information content (AvgIpc) is 3.11. The van der Waals surface area contributed by atoms with Gasteiger partial charge in [0, 0.05) is 24.3 Å². The predicted octanol–water partition coefficient (Wildman–Crippen LogP) is 3.31. The van der Waals surface area contributed by atoms with Crippen molar-refractivity contribution in [3.8, 4) is 0 Å². The van der Waals surface area contributed by atoms with Crippen LogP contribution in [0, 0.1) is 0 Å². The fourth-order valence-corrected chi connectivity index (χ4v) is 4.00. The van der Waals surface area contributed by atoms with Crippen LogP contribution in [0.2, 0.25) is 0 Å². The smallest absolute Gasteiger partial charge is 0.274 e. The number of benzene rings is 1. The number of aromatic amines is 1. The van der Waals surface area contributed by atoms with Gasteiger partial charge >= 0.3 is 0 Å². The van der Waals surface area contributed by atoms with E-state index in [4.69, 9.17) is 0 Å². The molecule has 1 amide bonds. The Kier molecular flexibility index (Phi) is 3.90. The molecular weight excluding hydrogens is 286 g/mol. The standard InChI is InChI=1S/C19H23N3O/c23-19(18-16-9-4-10-17(16)20-21-18)22-12-5-8-15(11-13-22)14-6-2-1-3-7-14/h1-3,6-7,15H,4-5,8-13H2,(H,20,21)/t15-/m0/s1. The Morgan fingerprint density at radius 3 is 2.83 bits per heavy atom. The van der Waals surface area contributed by atoms with E-state index in [0.717, 1.165) is 51.6 Å². The molecule has 0 bridgehead atoms. The lowest BCUT2D eigenvalue weighted by Crippen LogP contribution is -2.32. The van der Waals surface area contributed by atoms with Crippen LogP contribution in [0.25, 0.3) is 0 Å². The van der Waals surface area contributed by atoms with Gasteiger partial charge in [-0.1, -0.05) is 30.3 Å². The summed E-state index contributed by atoms with van der Waals surface area (Å²) in [4.78, 5) is 14.9. The highest BCUT2D eigenvalue weighted by Crippen LogP contribution is 2.29. The van der Waals surface area contributed by atoms with Crippen molar-refractivity contribution in [2.45, 2.75) is 44.4 Å². The molecule has 2 heterocycles.